The third-order valence-electron chi connectivity index (χ3n) is 4.89. The predicted octanol–water partition coefficient (Wildman–Crippen LogP) is 4.95. The molecule has 0 aliphatic carbocycles. The van der Waals surface area contributed by atoms with Crippen molar-refractivity contribution in [3.63, 3.8) is 0 Å². The summed E-state index contributed by atoms with van der Waals surface area (Å²) in [6.07, 6.45) is 5.56. The first-order chi connectivity index (χ1) is 13.8. The molecule has 144 valence electrons. The van der Waals surface area contributed by atoms with Gasteiger partial charge in [-0.15, -0.1) is 11.3 Å². The summed E-state index contributed by atoms with van der Waals surface area (Å²) in [5, 5.41) is 17.3. The largest absolute Gasteiger partial charge is 0.508 e. The highest BCUT2D eigenvalue weighted by atomic mass is 32.1. The average molecular weight is 393 g/mol. The number of piperidine rings is 1. The summed E-state index contributed by atoms with van der Waals surface area (Å²) in [4.78, 5) is 6.97. The van der Waals surface area contributed by atoms with Gasteiger partial charge in [0.15, 0.2) is 0 Å². The quantitative estimate of drug-likeness (QED) is 0.460. The topological polar surface area (TPSA) is 60.8 Å². The summed E-state index contributed by atoms with van der Waals surface area (Å²) in [6, 6.07) is 15.7. The molecule has 0 spiro atoms. The highest BCUT2D eigenvalue weighted by Gasteiger charge is 2.12. The number of hydrogen-bond acceptors (Lipinski definition) is 6. The molecule has 0 bridgehead atoms. The van der Waals surface area contributed by atoms with Crippen LogP contribution in [0, 0.1) is 0 Å². The van der Waals surface area contributed by atoms with E-state index < -0.39 is 0 Å². The van der Waals surface area contributed by atoms with E-state index in [4.69, 9.17) is 0 Å². The van der Waals surface area contributed by atoms with Crippen LogP contribution in [-0.4, -0.2) is 34.3 Å². The molecule has 4 rings (SSSR count). The van der Waals surface area contributed by atoms with Gasteiger partial charge in [0.25, 0.3) is 0 Å². The van der Waals surface area contributed by atoms with Crippen LogP contribution in [0.3, 0.4) is 0 Å². The number of likely N-dealkylation sites (tertiary alicyclic amines) is 1. The van der Waals surface area contributed by atoms with Crippen LogP contribution in [0.1, 0.15) is 30.4 Å². The highest BCUT2D eigenvalue weighted by Crippen LogP contribution is 2.25. The number of phenolic OH excluding ortho intramolecular Hbond substituents is 1. The van der Waals surface area contributed by atoms with E-state index in [-0.39, 0.29) is 0 Å². The molecule has 2 N–H and O–H groups in total. The minimum Gasteiger partial charge on any atom is -0.508 e. The van der Waals surface area contributed by atoms with Crippen LogP contribution in [-0.2, 0) is 6.54 Å². The molecule has 1 saturated heterocycles. The smallest absolute Gasteiger partial charge is 0.203 e. The summed E-state index contributed by atoms with van der Waals surface area (Å²) < 4.78 is 0. The van der Waals surface area contributed by atoms with E-state index in [1.807, 2.05) is 47.8 Å². The van der Waals surface area contributed by atoms with Crippen molar-refractivity contribution in [3.8, 4) is 17.0 Å². The third-order valence-corrected chi connectivity index (χ3v) is 5.64. The van der Waals surface area contributed by atoms with E-state index in [1.165, 1.54) is 30.6 Å². The summed E-state index contributed by atoms with van der Waals surface area (Å²) in [7, 11) is 0. The van der Waals surface area contributed by atoms with Gasteiger partial charge in [-0.3, -0.25) is 10.3 Å². The number of aromatic hydroxyl groups is 1. The van der Waals surface area contributed by atoms with E-state index in [1.54, 1.807) is 12.3 Å². The zero-order chi connectivity index (χ0) is 19.2. The number of nitrogens with zero attached hydrogens (tertiary/aromatic N) is 3. The van der Waals surface area contributed by atoms with Crippen LogP contribution >= 0.6 is 11.3 Å². The number of hydrazone groups is 1. The van der Waals surface area contributed by atoms with Crippen LogP contribution in [0.2, 0.25) is 0 Å². The Labute approximate surface area is 169 Å². The lowest BCUT2D eigenvalue weighted by Gasteiger charge is -2.26. The van der Waals surface area contributed by atoms with E-state index in [0.29, 0.717) is 5.75 Å². The molecule has 0 atom stereocenters. The maximum atomic E-state index is 10.2. The molecule has 1 aromatic heterocycles. The standard InChI is InChI=1S/C22H24N4OS/c27-21-10-9-17(13-19(21)15-26-11-5-2-6-12-26)14-23-25-22-24-20(16-28-22)18-7-3-1-4-8-18/h1,3-4,7-10,13-14,16,27H,2,5-6,11-12,15H2,(H,24,25). The number of benzene rings is 2. The summed E-state index contributed by atoms with van der Waals surface area (Å²) in [5.74, 6) is 0.350. The number of hydrogen-bond donors (Lipinski definition) is 2. The molecule has 28 heavy (non-hydrogen) atoms. The van der Waals surface area contributed by atoms with Crippen LogP contribution in [0.25, 0.3) is 11.3 Å². The Morgan fingerprint density at radius 3 is 2.75 bits per heavy atom. The first kappa shape index (κ1) is 18.7. The molecule has 1 aliphatic rings. The molecule has 2 heterocycles. The van der Waals surface area contributed by atoms with Gasteiger partial charge in [-0.2, -0.15) is 5.10 Å². The molecular formula is C22H24N4OS. The molecule has 0 radical (unpaired) electrons. The van der Waals surface area contributed by atoms with Gasteiger partial charge in [-0.05, 0) is 49.7 Å². The van der Waals surface area contributed by atoms with Crippen molar-refractivity contribution in [1.82, 2.24) is 9.88 Å². The monoisotopic (exact) mass is 392 g/mol. The lowest BCUT2D eigenvalue weighted by molar-refractivity contribution is 0.218. The lowest BCUT2D eigenvalue weighted by atomic mass is 10.1. The highest BCUT2D eigenvalue weighted by molar-refractivity contribution is 7.14. The normalized spacial score (nSPS) is 15.1. The maximum Gasteiger partial charge on any atom is 0.203 e. The molecular weight excluding hydrogens is 368 g/mol. The summed E-state index contributed by atoms with van der Waals surface area (Å²) in [6.45, 7) is 2.99. The molecule has 3 aromatic rings. The van der Waals surface area contributed by atoms with Crippen LogP contribution in [0.4, 0.5) is 5.13 Å². The molecule has 6 heteroatoms. The van der Waals surface area contributed by atoms with Gasteiger partial charge in [0.05, 0.1) is 11.9 Å². The Bertz CT molecular complexity index is 933. The second-order valence-electron chi connectivity index (χ2n) is 7.00. The first-order valence-electron chi connectivity index (χ1n) is 9.62. The van der Waals surface area contributed by atoms with Crippen molar-refractivity contribution in [2.75, 3.05) is 18.5 Å². The molecule has 0 unspecified atom stereocenters. The van der Waals surface area contributed by atoms with Gasteiger partial charge in [-0.25, -0.2) is 4.98 Å². The number of rotatable bonds is 6. The van der Waals surface area contributed by atoms with Gasteiger partial charge in [0.2, 0.25) is 5.13 Å². The lowest BCUT2D eigenvalue weighted by Crippen LogP contribution is -2.29. The van der Waals surface area contributed by atoms with E-state index in [9.17, 15) is 5.11 Å². The zero-order valence-corrected chi connectivity index (χ0v) is 16.5. The van der Waals surface area contributed by atoms with Crippen LogP contribution < -0.4 is 5.43 Å². The fourth-order valence-corrected chi connectivity index (χ4v) is 4.07. The van der Waals surface area contributed by atoms with E-state index in [0.717, 1.165) is 47.2 Å². The maximum absolute atomic E-state index is 10.2. The van der Waals surface area contributed by atoms with Crippen LogP contribution in [0.5, 0.6) is 5.75 Å². The molecule has 1 fully saturated rings. The molecule has 0 saturated carbocycles. The molecule has 2 aromatic carbocycles. The second kappa shape index (κ2) is 8.99. The van der Waals surface area contributed by atoms with Gasteiger partial charge in [0.1, 0.15) is 5.75 Å². The molecule has 1 aliphatic heterocycles. The fraction of sp³-hybridized carbons (Fsp3) is 0.273. The van der Waals surface area contributed by atoms with Crippen molar-refractivity contribution in [3.05, 3.63) is 65.0 Å². The Hall–Kier alpha value is -2.70. The van der Waals surface area contributed by atoms with Gasteiger partial charge >= 0.3 is 0 Å². The van der Waals surface area contributed by atoms with Gasteiger partial charge < -0.3 is 5.11 Å². The van der Waals surface area contributed by atoms with Crippen molar-refractivity contribution >= 4 is 22.7 Å². The first-order valence-corrected chi connectivity index (χ1v) is 10.5. The minimum atomic E-state index is 0.350. The predicted molar refractivity (Wildman–Crippen MR) is 116 cm³/mol. The number of nitrogens with one attached hydrogen (secondary N) is 1. The Morgan fingerprint density at radius 1 is 1.11 bits per heavy atom. The van der Waals surface area contributed by atoms with E-state index in [2.05, 4.69) is 20.4 Å². The minimum absolute atomic E-state index is 0.350. The number of thiazole rings is 1. The van der Waals surface area contributed by atoms with Crippen molar-refractivity contribution in [2.45, 2.75) is 25.8 Å². The van der Waals surface area contributed by atoms with Crippen molar-refractivity contribution in [2.24, 2.45) is 5.10 Å². The number of phenols is 1. The number of anilines is 1. The van der Waals surface area contributed by atoms with Gasteiger partial charge in [0, 0.05) is 23.1 Å². The van der Waals surface area contributed by atoms with E-state index >= 15 is 0 Å². The van der Waals surface area contributed by atoms with Crippen LogP contribution in [0.15, 0.2) is 59.0 Å². The van der Waals surface area contributed by atoms with Crippen molar-refractivity contribution in [1.29, 1.82) is 0 Å². The Balaban J connectivity index is 1.39. The van der Waals surface area contributed by atoms with Gasteiger partial charge in [-0.1, -0.05) is 36.8 Å². The fourth-order valence-electron chi connectivity index (χ4n) is 3.40. The summed E-state index contributed by atoms with van der Waals surface area (Å²) >= 11 is 1.53. The average Bonchev–Trinajstić information content (AvgIpc) is 3.21. The third kappa shape index (κ3) is 4.77. The molecule has 0 amide bonds. The second-order valence-corrected chi connectivity index (χ2v) is 7.86. The Kier molecular flexibility index (Phi) is 5.99. The molecule has 5 nitrogen and oxygen atoms in total. The van der Waals surface area contributed by atoms with Crippen molar-refractivity contribution < 1.29 is 5.11 Å². The summed E-state index contributed by atoms with van der Waals surface area (Å²) in [5.41, 5.74) is 6.94. The zero-order valence-electron chi connectivity index (χ0n) is 15.7. The number of aromatic nitrogens is 1. The Morgan fingerprint density at radius 2 is 1.93 bits per heavy atom. The SMILES string of the molecule is Oc1ccc(C=NNc2nc(-c3ccccc3)cs2)cc1CN1CCCCC1.